The molecule has 2 atom stereocenters. The minimum atomic E-state index is -0.0888. The van der Waals surface area contributed by atoms with Gasteiger partial charge in [0, 0.05) is 23.2 Å². The molecular formula is C28H26N2O2. The Balaban J connectivity index is 1.36. The van der Waals surface area contributed by atoms with Gasteiger partial charge >= 0.3 is 0 Å². The number of amides is 2. The minimum Gasteiger partial charge on any atom is -0.347 e. The van der Waals surface area contributed by atoms with Crippen molar-refractivity contribution in [1.29, 1.82) is 0 Å². The molecule has 1 fully saturated rings. The molecule has 160 valence electrons. The Hall–Kier alpha value is -3.66. The first-order chi connectivity index (χ1) is 15.7. The summed E-state index contributed by atoms with van der Waals surface area (Å²) in [5, 5.41) is 10.4. The minimum absolute atomic E-state index is 0.0851. The van der Waals surface area contributed by atoms with E-state index in [0.717, 1.165) is 47.2 Å². The van der Waals surface area contributed by atoms with Crippen LogP contribution in [0.4, 0.5) is 0 Å². The van der Waals surface area contributed by atoms with Gasteiger partial charge in [-0.15, -0.1) is 0 Å². The summed E-state index contributed by atoms with van der Waals surface area (Å²) in [5.74, 6) is -0.170. The molecule has 0 heterocycles. The summed E-state index contributed by atoms with van der Waals surface area (Å²) >= 11 is 0. The Morgan fingerprint density at radius 2 is 0.969 bits per heavy atom. The number of rotatable bonds is 4. The topological polar surface area (TPSA) is 58.2 Å². The standard InChI is InChI=1S/C28H26N2O2/c31-27(23-15-7-11-19-9-1-3-13-21(19)23)29-25-17-5-6-18-26(25)30-28(32)24-16-8-12-20-10-2-4-14-22(20)24/h1-4,7-16,25-26H,5-6,17-18H2,(H,29,31)(H,30,32)/t25-,26+. The van der Waals surface area contributed by atoms with Crippen molar-refractivity contribution in [3.8, 4) is 0 Å². The van der Waals surface area contributed by atoms with Crippen LogP contribution in [0.3, 0.4) is 0 Å². The van der Waals surface area contributed by atoms with Crippen LogP contribution >= 0.6 is 0 Å². The maximum atomic E-state index is 13.2. The molecule has 0 radical (unpaired) electrons. The zero-order valence-corrected chi connectivity index (χ0v) is 17.9. The Labute approximate surface area is 187 Å². The number of nitrogens with one attached hydrogen (secondary N) is 2. The Morgan fingerprint density at radius 3 is 1.44 bits per heavy atom. The smallest absolute Gasteiger partial charge is 0.252 e. The molecule has 1 saturated carbocycles. The van der Waals surface area contributed by atoms with Gasteiger partial charge in [0.05, 0.1) is 0 Å². The summed E-state index contributed by atoms with van der Waals surface area (Å²) in [4.78, 5) is 26.4. The highest BCUT2D eigenvalue weighted by Crippen LogP contribution is 2.23. The van der Waals surface area contributed by atoms with Crippen LogP contribution in [0.15, 0.2) is 84.9 Å². The van der Waals surface area contributed by atoms with Gasteiger partial charge in [-0.1, -0.05) is 85.6 Å². The fourth-order valence-corrected chi connectivity index (χ4v) is 4.82. The molecule has 4 nitrogen and oxygen atoms in total. The Morgan fingerprint density at radius 1 is 0.562 bits per heavy atom. The highest BCUT2D eigenvalue weighted by molar-refractivity contribution is 6.08. The van der Waals surface area contributed by atoms with E-state index in [0.29, 0.717) is 11.1 Å². The van der Waals surface area contributed by atoms with Gasteiger partial charge in [0.15, 0.2) is 0 Å². The maximum absolute atomic E-state index is 13.2. The fraction of sp³-hybridized carbons (Fsp3) is 0.214. The SMILES string of the molecule is O=C(N[C@H]1CCCC[C@H]1NC(=O)c1cccc2ccccc12)c1cccc2ccccc12. The van der Waals surface area contributed by atoms with E-state index in [9.17, 15) is 9.59 Å². The number of carbonyl (C=O) groups is 2. The predicted octanol–water partition coefficient (Wildman–Crippen LogP) is 5.46. The summed E-state index contributed by atoms with van der Waals surface area (Å²) in [7, 11) is 0. The fourth-order valence-electron chi connectivity index (χ4n) is 4.82. The van der Waals surface area contributed by atoms with Gasteiger partial charge in [0.2, 0.25) is 0 Å². The molecule has 1 aliphatic carbocycles. The maximum Gasteiger partial charge on any atom is 0.252 e. The van der Waals surface area contributed by atoms with Gasteiger partial charge in [0.1, 0.15) is 0 Å². The average Bonchev–Trinajstić information content (AvgIpc) is 2.84. The summed E-state index contributed by atoms with van der Waals surface area (Å²) in [6.45, 7) is 0. The second-order valence-electron chi connectivity index (χ2n) is 8.50. The molecule has 0 unspecified atom stereocenters. The first-order valence-corrected chi connectivity index (χ1v) is 11.3. The van der Waals surface area contributed by atoms with Crippen molar-refractivity contribution in [1.82, 2.24) is 10.6 Å². The van der Waals surface area contributed by atoms with E-state index >= 15 is 0 Å². The largest absolute Gasteiger partial charge is 0.347 e. The zero-order chi connectivity index (χ0) is 21.9. The van der Waals surface area contributed by atoms with E-state index < -0.39 is 0 Å². The third kappa shape index (κ3) is 3.96. The molecule has 0 bridgehead atoms. The van der Waals surface area contributed by atoms with Gasteiger partial charge in [-0.05, 0) is 46.5 Å². The third-order valence-electron chi connectivity index (χ3n) is 6.47. The highest BCUT2D eigenvalue weighted by atomic mass is 16.2. The van der Waals surface area contributed by atoms with Gasteiger partial charge in [-0.3, -0.25) is 9.59 Å². The molecule has 2 amide bonds. The highest BCUT2D eigenvalue weighted by Gasteiger charge is 2.29. The second-order valence-corrected chi connectivity index (χ2v) is 8.50. The first kappa shape index (κ1) is 20.3. The van der Waals surface area contributed by atoms with Crippen molar-refractivity contribution >= 4 is 33.4 Å². The van der Waals surface area contributed by atoms with Crippen molar-refractivity contribution in [3.63, 3.8) is 0 Å². The van der Waals surface area contributed by atoms with Crippen LogP contribution in [0.2, 0.25) is 0 Å². The van der Waals surface area contributed by atoms with Crippen LogP contribution in [0.25, 0.3) is 21.5 Å². The number of hydrogen-bond acceptors (Lipinski definition) is 2. The molecular weight excluding hydrogens is 396 g/mol. The number of fused-ring (bicyclic) bond motifs is 2. The zero-order valence-electron chi connectivity index (χ0n) is 17.9. The monoisotopic (exact) mass is 422 g/mol. The van der Waals surface area contributed by atoms with Crippen LogP contribution in [-0.4, -0.2) is 23.9 Å². The van der Waals surface area contributed by atoms with Crippen LogP contribution in [0, 0.1) is 0 Å². The molecule has 2 N–H and O–H groups in total. The van der Waals surface area contributed by atoms with E-state index in [2.05, 4.69) is 10.6 Å². The van der Waals surface area contributed by atoms with Crippen molar-refractivity contribution in [2.24, 2.45) is 0 Å². The number of benzene rings is 4. The lowest BCUT2D eigenvalue weighted by Gasteiger charge is -2.33. The summed E-state index contributed by atoms with van der Waals surface area (Å²) < 4.78 is 0. The van der Waals surface area contributed by atoms with Crippen molar-refractivity contribution in [2.75, 3.05) is 0 Å². The normalized spacial score (nSPS) is 18.4. The molecule has 4 aromatic rings. The van der Waals surface area contributed by atoms with Crippen molar-refractivity contribution < 1.29 is 9.59 Å². The predicted molar refractivity (Wildman–Crippen MR) is 129 cm³/mol. The van der Waals surface area contributed by atoms with Crippen LogP contribution in [-0.2, 0) is 0 Å². The summed E-state index contributed by atoms with van der Waals surface area (Å²) in [5.41, 5.74) is 1.35. The lowest BCUT2D eigenvalue weighted by molar-refractivity contribution is 0.0864. The van der Waals surface area contributed by atoms with Crippen molar-refractivity contribution in [2.45, 2.75) is 37.8 Å². The molecule has 32 heavy (non-hydrogen) atoms. The molecule has 0 saturated heterocycles. The van der Waals surface area contributed by atoms with E-state index in [1.54, 1.807) is 0 Å². The lowest BCUT2D eigenvalue weighted by atomic mass is 9.89. The van der Waals surface area contributed by atoms with Crippen LogP contribution < -0.4 is 10.6 Å². The summed E-state index contributed by atoms with van der Waals surface area (Å²) in [6.07, 6.45) is 3.80. The number of hydrogen-bond donors (Lipinski definition) is 2. The molecule has 4 aromatic carbocycles. The van der Waals surface area contributed by atoms with Crippen LogP contribution in [0.5, 0.6) is 0 Å². The van der Waals surface area contributed by atoms with Gasteiger partial charge in [-0.25, -0.2) is 0 Å². The van der Waals surface area contributed by atoms with Crippen molar-refractivity contribution in [3.05, 3.63) is 96.1 Å². The van der Waals surface area contributed by atoms with E-state index in [1.807, 2.05) is 84.9 Å². The van der Waals surface area contributed by atoms with Gasteiger partial charge < -0.3 is 10.6 Å². The van der Waals surface area contributed by atoms with Gasteiger partial charge in [0.25, 0.3) is 11.8 Å². The van der Waals surface area contributed by atoms with E-state index in [4.69, 9.17) is 0 Å². The van der Waals surface area contributed by atoms with Gasteiger partial charge in [-0.2, -0.15) is 0 Å². The van der Waals surface area contributed by atoms with E-state index in [1.165, 1.54) is 0 Å². The number of carbonyl (C=O) groups excluding carboxylic acids is 2. The van der Waals surface area contributed by atoms with E-state index in [-0.39, 0.29) is 23.9 Å². The molecule has 0 aromatic heterocycles. The first-order valence-electron chi connectivity index (χ1n) is 11.3. The average molecular weight is 423 g/mol. The summed E-state index contributed by atoms with van der Waals surface area (Å²) in [6, 6.07) is 27.2. The Bertz CT molecular complexity index is 1190. The third-order valence-corrected chi connectivity index (χ3v) is 6.47. The molecule has 1 aliphatic rings. The van der Waals surface area contributed by atoms with Crippen LogP contribution in [0.1, 0.15) is 46.4 Å². The second kappa shape index (κ2) is 8.83. The quantitative estimate of drug-likeness (QED) is 0.459. The lowest BCUT2D eigenvalue weighted by Crippen LogP contribution is -2.53. The molecule has 0 spiro atoms. The molecule has 5 rings (SSSR count). The molecule has 4 heteroatoms. The molecule has 0 aliphatic heterocycles. The Kier molecular flexibility index (Phi) is 5.59.